The molecule has 2 heterocycles. The smallest absolute Gasteiger partial charge is 0.406 e. The second-order valence-electron chi connectivity index (χ2n) is 10.6. The van der Waals surface area contributed by atoms with Gasteiger partial charge in [0.1, 0.15) is 12.1 Å². The molecule has 1 aliphatic rings. The van der Waals surface area contributed by atoms with Crippen LogP contribution in [-0.2, 0) is 17.8 Å². The highest BCUT2D eigenvalue weighted by molar-refractivity contribution is 8.01. The molecule has 0 aliphatic carbocycles. The van der Waals surface area contributed by atoms with Gasteiger partial charge in [-0.25, -0.2) is 9.48 Å². The number of benzene rings is 3. The summed E-state index contributed by atoms with van der Waals surface area (Å²) in [5.41, 5.74) is 4.04. The Bertz CT molecular complexity index is 1720. The topological polar surface area (TPSA) is 105 Å². The van der Waals surface area contributed by atoms with E-state index < -0.39 is 17.9 Å². The lowest BCUT2D eigenvalue weighted by Gasteiger charge is -2.27. The molecule has 0 radical (unpaired) electrons. The Balaban J connectivity index is 1.20. The summed E-state index contributed by atoms with van der Waals surface area (Å²) in [5, 5.41) is 10.5. The van der Waals surface area contributed by atoms with Gasteiger partial charge in [-0.05, 0) is 72.5 Å². The lowest BCUT2D eigenvalue weighted by atomic mass is 10.0. The van der Waals surface area contributed by atoms with Crippen LogP contribution in [0.3, 0.4) is 0 Å². The maximum atomic E-state index is 13.0. The number of rotatable bonds is 10. The highest BCUT2D eigenvalue weighted by atomic mass is 35.5. The molecule has 0 spiro atoms. The van der Waals surface area contributed by atoms with Crippen LogP contribution in [0.4, 0.5) is 35.3 Å². The summed E-state index contributed by atoms with van der Waals surface area (Å²) in [6.07, 6.45) is -1.58. The van der Waals surface area contributed by atoms with Gasteiger partial charge < -0.3 is 20.3 Å². The van der Waals surface area contributed by atoms with Crippen LogP contribution in [0.25, 0.3) is 5.69 Å². The van der Waals surface area contributed by atoms with Gasteiger partial charge in [0.15, 0.2) is 5.50 Å². The van der Waals surface area contributed by atoms with E-state index in [1.54, 1.807) is 35.0 Å². The third-order valence-electron chi connectivity index (χ3n) is 7.02. The van der Waals surface area contributed by atoms with Crippen LogP contribution in [0.5, 0.6) is 5.75 Å². The van der Waals surface area contributed by atoms with Crippen molar-refractivity contribution in [1.29, 1.82) is 0 Å². The number of nitrogens with one attached hydrogen (secondary N) is 2. The van der Waals surface area contributed by atoms with E-state index in [0.29, 0.717) is 28.9 Å². The van der Waals surface area contributed by atoms with E-state index in [1.165, 1.54) is 47.0 Å². The number of alkyl halides is 3. The molecule has 10 nitrogen and oxygen atoms in total. The predicted octanol–water partition coefficient (Wildman–Crippen LogP) is 6.90. The Morgan fingerprint density at radius 2 is 1.87 bits per heavy atom. The molecule has 1 aliphatic heterocycles. The molecule has 1 aromatic heterocycles. The molecule has 3 amide bonds. The summed E-state index contributed by atoms with van der Waals surface area (Å²) in [7, 11) is 1.77. The SMILES string of the molecule is CCCc1ccc(C)cc1N1C(=O)CSC1NC(=O)Nc1ccc(CN(C)c2ncn(-c3ccc(OC(F)(F)F)cc3)n2)c(Cl)c1. The first-order valence-electron chi connectivity index (χ1n) is 14.3. The van der Waals surface area contributed by atoms with Gasteiger partial charge in [0.2, 0.25) is 11.9 Å². The zero-order chi connectivity index (χ0) is 33.0. The van der Waals surface area contributed by atoms with Gasteiger partial charge in [-0.2, -0.15) is 4.98 Å². The summed E-state index contributed by atoms with van der Waals surface area (Å²) >= 11 is 7.92. The Kier molecular flexibility index (Phi) is 9.97. The van der Waals surface area contributed by atoms with Crippen LogP contribution < -0.4 is 25.2 Å². The standard InChI is InChI=1S/C31H31ClF3N7O3S/c1-4-5-20-7-6-19(2)14-26(20)42-27(43)17-46-30(42)38-29(44)37-22-9-8-21(25(32)15-22)16-40(3)28-36-18-41(39-28)23-10-12-24(13-11-23)45-31(33,34)35/h6-15,18,30H,4-5,16-17H2,1-3H3,(H2,37,38,44). The predicted molar refractivity (Wildman–Crippen MR) is 173 cm³/mol. The molecule has 5 rings (SSSR count). The number of anilines is 3. The van der Waals surface area contributed by atoms with E-state index in [1.807, 2.05) is 25.1 Å². The van der Waals surface area contributed by atoms with E-state index in [-0.39, 0.29) is 17.4 Å². The molecule has 1 fully saturated rings. The molecule has 4 aromatic rings. The average molecular weight is 674 g/mol. The Morgan fingerprint density at radius 3 is 2.57 bits per heavy atom. The largest absolute Gasteiger partial charge is 0.573 e. The fourth-order valence-electron chi connectivity index (χ4n) is 4.88. The van der Waals surface area contributed by atoms with Gasteiger partial charge >= 0.3 is 12.4 Å². The summed E-state index contributed by atoms with van der Waals surface area (Å²) in [4.78, 5) is 33.5. The van der Waals surface area contributed by atoms with Crippen LogP contribution in [0.15, 0.2) is 67.0 Å². The number of ether oxygens (including phenoxy) is 1. The zero-order valence-electron chi connectivity index (χ0n) is 25.1. The minimum atomic E-state index is -4.77. The van der Waals surface area contributed by atoms with E-state index in [0.717, 1.165) is 35.2 Å². The molecule has 1 unspecified atom stereocenters. The number of thioether (sulfide) groups is 1. The quantitative estimate of drug-likeness (QED) is 0.189. The van der Waals surface area contributed by atoms with Gasteiger partial charge in [-0.3, -0.25) is 9.69 Å². The number of halogens is 4. The number of hydrogen-bond acceptors (Lipinski definition) is 7. The van der Waals surface area contributed by atoms with Gasteiger partial charge in [0.25, 0.3) is 0 Å². The number of aryl methyl sites for hydroxylation is 2. The minimum Gasteiger partial charge on any atom is -0.406 e. The Morgan fingerprint density at radius 1 is 1.13 bits per heavy atom. The lowest BCUT2D eigenvalue weighted by Crippen LogP contribution is -2.46. The molecule has 1 atom stereocenters. The fourth-order valence-corrected chi connectivity index (χ4v) is 6.13. The Labute approximate surface area is 272 Å². The molecular weight excluding hydrogens is 643 g/mol. The van der Waals surface area contributed by atoms with Crippen LogP contribution in [0.1, 0.15) is 30.0 Å². The van der Waals surface area contributed by atoms with Crippen LogP contribution in [0, 0.1) is 6.92 Å². The van der Waals surface area contributed by atoms with Gasteiger partial charge in [-0.1, -0.05) is 43.1 Å². The van der Waals surface area contributed by atoms with Crippen molar-refractivity contribution < 1.29 is 27.5 Å². The number of hydrogen-bond donors (Lipinski definition) is 2. The van der Waals surface area contributed by atoms with Crippen molar-refractivity contribution in [3.63, 3.8) is 0 Å². The monoisotopic (exact) mass is 673 g/mol. The number of carbonyl (C=O) groups excluding carboxylic acids is 2. The Hall–Kier alpha value is -4.43. The van der Waals surface area contributed by atoms with Gasteiger partial charge in [0.05, 0.1) is 17.1 Å². The number of carbonyl (C=O) groups is 2. The third-order valence-corrected chi connectivity index (χ3v) is 8.43. The number of amides is 3. The van der Waals surface area contributed by atoms with Crippen molar-refractivity contribution in [1.82, 2.24) is 20.1 Å². The van der Waals surface area contributed by atoms with E-state index in [9.17, 15) is 22.8 Å². The maximum absolute atomic E-state index is 13.0. The molecule has 0 bridgehead atoms. The number of aromatic nitrogens is 3. The van der Waals surface area contributed by atoms with Crippen molar-refractivity contribution in [2.75, 3.05) is 27.9 Å². The summed E-state index contributed by atoms with van der Waals surface area (Å²) in [5.74, 6) is 0.214. The molecule has 15 heteroatoms. The third kappa shape index (κ3) is 8.04. The molecule has 242 valence electrons. The minimum absolute atomic E-state index is 0.0671. The second kappa shape index (κ2) is 13.9. The number of urea groups is 1. The van der Waals surface area contributed by atoms with E-state index in [2.05, 4.69) is 32.4 Å². The first-order chi connectivity index (χ1) is 21.9. The van der Waals surface area contributed by atoms with Crippen LogP contribution >= 0.6 is 23.4 Å². The molecule has 0 saturated carbocycles. The van der Waals surface area contributed by atoms with Crippen molar-refractivity contribution in [3.05, 3.63) is 88.7 Å². The van der Waals surface area contributed by atoms with Crippen molar-refractivity contribution in [2.24, 2.45) is 0 Å². The maximum Gasteiger partial charge on any atom is 0.573 e. The summed E-state index contributed by atoms with van der Waals surface area (Å²) in [6, 6.07) is 15.9. The van der Waals surface area contributed by atoms with Gasteiger partial charge in [-0.15, -0.1) is 30.0 Å². The first-order valence-corrected chi connectivity index (χ1v) is 15.7. The van der Waals surface area contributed by atoms with Gasteiger partial charge in [0, 0.05) is 24.3 Å². The number of nitrogens with zero attached hydrogens (tertiary/aromatic N) is 5. The summed E-state index contributed by atoms with van der Waals surface area (Å²) in [6.45, 7) is 4.39. The van der Waals surface area contributed by atoms with Crippen molar-refractivity contribution in [3.8, 4) is 11.4 Å². The molecule has 3 aromatic carbocycles. The van der Waals surface area contributed by atoms with Crippen molar-refractivity contribution >= 4 is 52.6 Å². The molecule has 46 heavy (non-hydrogen) atoms. The second-order valence-corrected chi connectivity index (χ2v) is 12.1. The lowest BCUT2D eigenvalue weighted by molar-refractivity contribution is -0.274. The van der Waals surface area contributed by atoms with Crippen molar-refractivity contribution in [2.45, 2.75) is 45.1 Å². The molecular formula is C31H31ClF3N7O3S. The van der Waals surface area contributed by atoms with Crippen LogP contribution in [-0.4, -0.2) is 51.4 Å². The average Bonchev–Trinajstić information content (AvgIpc) is 3.62. The zero-order valence-corrected chi connectivity index (χ0v) is 26.7. The van der Waals surface area contributed by atoms with Crippen LogP contribution in [0.2, 0.25) is 5.02 Å². The first kappa shape index (κ1) is 32.9. The fraction of sp³-hybridized carbons (Fsp3) is 0.290. The highest BCUT2D eigenvalue weighted by Gasteiger charge is 2.35. The van der Waals surface area contributed by atoms with E-state index in [4.69, 9.17) is 11.6 Å². The molecule has 2 N–H and O–H groups in total. The highest BCUT2D eigenvalue weighted by Crippen LogP contribution is 2.33. The van der Waals surface area contributed by atoms with E-state index >= 15 is 0 Å². The molecule has 1 saturated heterocycles. The normalized spacial score (nSPS) is 14.8. The summed E-state index contributed by atoms with van der Waals surface area (Å²) < 4.78 is 42.6.